The van der Waals surface area contributed by atoms with Gasteiger partial charge in [-0.25, -0.2) is 4.98 Å². The first-order valence-corrected chi connectivity index (χ1v) is 2.71. The normalized spacial score (nSPS) is 8.42. The van der Waals surface area contributed by atoms with Gasteiger partial charge >= 0.3 is 0 Å². The summed E-state index contributed by atoms with van der Waals surface area (Å²) in [5, 5.41) is 10.1. The largest absolute Gasteiger partial charge is 0.391 e. The SMILES string of the molecule is Cl.NOc1ccc([N+](=O)[O-])cn1. The highest BCUT2D eigenvalue weighted by Crippen LogP contribution is 2.11. The third-order valence-electron chi connectivity index (χ3n) is 1.05. The molecule has 1 rings (SSSR count). The van der Waals surface area contributed by atoms with E-state index >= 15 is 0 Å². The zero-order chi connectivity index (χ0) is 8.27. The van der Waals surface area contributed by atoms with Crippen LogP contribution < -0.4 is 10.7 Å². The molecule has 0 aliphatic rings. The minimum absolute atomic E-state index is 0. The van der Waals surface area contributed by atoms with Gasteiger partial charge in [0.15, 0.2) is 0 Å². The summed E-state index contributed by atoms with van der Waals surface area (Å²) in [5.41, 5.74) is -0.0919. The molecule has 0 saturated carbocycles. The van der Waals surface area contributed by atoms with Gasteiger partial charge in [-0.15, -0.1) is 12.4 Å². The lowest BCUT2D eigenvalue weighted by Gasteiger charge is -1.94. The van der Waals surface area contributed by atoms with E-state index in [-0.39, 0.29) is 24.0 Å². The quantitative estimate of drug-likeness (QED) is 0.548. The Morgan fingerprint density at radius 1 is 1.58 bits per heavy atom. The summed E-state index contributed by atoms with van der Waals surface area (Å²) in [7, 11) is 0. The first kappa shape index (κ1) is 10.6. The van der Waals surface area contributed by atoms with Gasteiger partial charge in [0.05, 0.1) is 4.92 Å². The van der Waals surface area contributed by atoms with Crippen molar-refractivity contribution in [1.82, 2.24) is 4.98 Å². The molecular weight excluding hydrogens is 186 g/mol. The van der Waals surface area contributed by atoms with E-state index in [4.69, 9.17) is 5.90 Å². The predicted octanol–water partition coefficient (Wildman–Crippen LogP) is 0.664. The van der Waals surface area contributed by atoms with E-state index in [9.17, 15) is 10.1 Å². The summed E-state index contributed by atoms with van der Waals surface area (Å²) in [6.07, 6.45) is 1.07. The first-order chi connectivity index (χ1) is 5.24. The van der Waals surface area contributed by atoms with Crippen LogP contribution in [-0.4, -0.2) is 9.91 Å². The Labute approximate surface area is 73.9 Å². The van der Waals surface area contributed by atoms with Gasteiger partial charge in [-0.1, -0.05) is 0 Å². The van der Waals surface area contributed by atoms with Gasteiger partial charge < -0.3 is 4.84 Å². The van der Waals surface area contributed by atoms with Crippen molar-refractivity contribution >= 4 is 18.1 Å². The van der Waals surface area contributed by atoms with E-state index < -0.39 is 4.92 Å². The number of halogens is 1. The average molecular weight is 192 g/mol. The molecule has 0 bridgehead atoms. The van der Waals surface area contributed by atoms with E-state index in [1.54, 1.807) is 0 Å². The number of pyridine rings is 1. The third-order valence-corrected chi connectivity index (χ3v) is 1.05. The molecule has 6 nitrogen and oxygen atoms in total. The van der Waals surface area contributed by atoms with Gasteiger partial charge in [-0.05, 0) is 0 Å². The molecule has 1 heterocycles. The smallest absolute Gasteiger partial charge is 0.287 e. The van der Waals surface area contributed by atoms with Crippen molar-refractivity contribution in [1.29, 1.82) is 0 Å². The molecule has 2 N–H and O–H groups in total. The highest BCUT2D eigenvalue weighted by Gasteiger charge is 2.04. The Morgan fingerprint density at radius 2 is 2.25 bits per heavy atom. The summed E-state index contributed by atoms with van der Waals surface area (Å²) >= 11 is 0. The lowest BCUT2D eigenvalue weighted by atomic mass is 10.4. The maximum Gasteiger partial charge on any atom is 0.287 e. The van der Waals surface area contributed by atoms with Crippen LogP contribution in [0.5, 0.6) is 5.88 Å². The van der Waals surface area contributed by atoms with E-state index in [1.807, 2.05) is 0 Å². The molecule has 1 aromatic heterocycles. The minimum atomic E-state index is -0.548. The Bertz CT molecular complexity index is 263. The molecule has 0 aliphatic carbocycles. The Morgan fingerprint density at radius 3 is 2.58 bits per heavy atom. The highest BCUT2D eigenvalue weighted by molar-refractivity contribution is 5.85. The summed E-state index contributed by atoms with van der Waals surface area (Å²) in [5.74, 6) is 4.89. The summed E-state index contributed by atoms with van der Waals surface area (Å²) in [6.45, 7) is 0. The maximum absolute atomic E-state index is 10.1. The Hall–Kier alpha value is -1.40. The topological polar surface area (TPSA) is 91.3 Å². The number of rotatable bonds is 2. The Balaban J connectivity index is 0.00000121. The van der Waals surface area contributed by atoms with Crippen molar-refractivity contribution in [2.75, 3.05) is 0 Å². The van der Waals surface area contributed by atoms with Gasteiger partial charge in [-0.3, -0.25) is 10.1 Å². The third kappa shape index (κ3) is 2.33. The lowest BCUT2D eigenvalue weighted by Crippen LogP contribution is -2.03. The number of nitro groups is 1. The van der Waals surface area contributed by atoms with Gasteiger partial charge in [0.1, 0.15) is 6.20 Å². The zero-order valence-corrected chi connectivity index (χ0v) is 6.65. The van der Waals surface area contributed by atoms with Crippen LogP contribution in [0.25, 0.3) is 0 Å². The van der Waals surface area contributed by atoms with Gasteiger partial charge in [-0.2, -0.15) is 5.90 Å². The second-order valence-corrected chi connectivity index (χ2v) is 1.73. The van der Waals surface area contributed by atoms with Crippen molar-refractivity contribution in [3.05, 3.63) is 28.4 Å². The Kier molecular flexibility index (Phi) is 3.95. The van der Waals surface area contributed by atoms with Crippen LogP contribution in [-0.2, 0) is 0 Å². The summed E-state index contributed by atoms with van der Waals surface area (Å²) in [6, 6.07) is 2.58. The molecule has 0 saturated heterocycles. The fraction of sp³-hybridized carbons (Fsp3) is 0. The average Bonchev–Trinajstić information content (AvgIpc) is 2.05. The molecule has 1 aromatic rings. The van der Waals surface area contributed by atoms with Gasteiger partial charge in [0, 0.05) is 12.1 Å². The first-order valence-electron chi connectivity index (χ1n) is 2.71. The molecule has 66 valence electrons. The highest BCUT2D eigenvalue weighted by atomic mass is 35.5. The number of hydrogen-bond acceptors (Lipinski definition) is 5. The van der Waals surface area contributed by atoms with E-state index in [0.29, 0.717) is 0 Å². The second-order valence-electron chi connectivity index (χ2n) is 1.73. The maximum atomic E-state index is 10.1. The molecule has 0 spiro atoms. The second kappa shape index (κ2) is 4.47. The van der Waals surface area contributed by atoms with Crippen LogP contribution in [0.4, 0.5) is 5.69 Å². The van der Waals surface area contributed by atoms with E-state index in [2.05, 4.69) is 9.82 Å². The molecule has 0 aromatic carbocycles. The van der Waals surface area contributed by atoms with E-state index in [1.165, 1.54) is 12.1 Å². The van der Waals surface area contributed by atoms with Crippen molar-refractivity contribution in [3.8, 4) is 5.88 Å². The van der Waals surface area contributed by atoms with Crippen molar-refractivity contribution < 1.29 is 9.76 Å². The van der Waals surface area contributed by atoms with Crippen LogP contribution in [0.15, 0.2) is 18.3 Å². The fourth-order valence-corrected chi connectivity index (χ4v) is 0.550. The number of nitrogens with two attached hydrogens (primary N) is 1. The van der Waals surface area contributed by atoms with Crippen LogP contribution in [0, 0.1) is 10.1 Å². The van der Waals surface area contributed by atoms with E-state index in [0.717, 1.165) is 6.20 Å². The predicted molar refractivity (Wildman–Crippen MR) is 43.0 cm³/mol. The van der Waals surface area contributed by atoms with Crippen molar-refractivity contribution in [2.45, 2.75) is 0 Å². The van der Waals surface area contributed by atoms with Gasteiger partial charge in [0.2, 0.25) is 5.88 Å². The zero-order valence-electron chi connectivity index (χ0n) is 5.84. The van der Waals surface area contributed by atoms with Crippen LogP contribution in [0.2, 0.25) is 0 Å². The molecule has 7 heteroatoms. The van der Waals surface area contributed by atoms with Crippen LogP contribution in [0.1, 0.15) is 0 Å². The van der Waals surface area contributed by atoms with Crippen molar-refractivity contribution in [2.24, 2.45) is 5.90 Å². The number of nitrogens with zero attached hydrogens (tertiary/aromatic N) is 2. The van der Waals surface area contributed by atoms with Crippen LogP contribution in [0.3, 0.4) is 0 Å². The minimum Gasteiger partial charge on any atom is -0.391 e. The lowest BCUT2D eigenvalue weighted by molar-refractivity contribution is -0.385. The van der Waals surface area contributed by atoms with Crippen molar-refractivity contribution in [3.63, 3.8) is 0 Å². The molecule has 0 radical (unpaired) electrons. The number of hydrogen-bond donors (Lipinski definition) is 1. The van der Waals surface area contributed by atoms with Crippen LogP contribution >= 0.6 is 12.4 Å². The number of aromatic nitrogens is 1. The molecule has 0 atom stereocenters. The standard InChI is InChI=1S/C5H5N3O3.ClH/c6-11-5-2-1-4(3-7-5)8(9)10;/h1-3H,6H2;1H. The molecule has 12 heavy (non-hydrogen) atoms. The summed E-state index contributed by atoms with van der Waals surface area (Å²) in [4.78, 5) is 17.3. The molecule has 0 amide bonds. The summed E-state index contributed by atoms with van der Waals surface area (Å²) < 4.78 is 0. The van der Waals surface area contributed by atoms with Gasteiger partial charge in [0.25, 0.3) is 5.69 Å². The molecule has 0 fully saturated rings. The monoisotopic (exact) mass is 191 g/mol. The molecule has 0 aliphatic heterocycles. The molecular formula is C5H6ClN3O3. The molecule has 0 unspecified atom stereocenters. The fourth-order valence-electron chi connectivity index (χ4n) is 0.550.